The van der Waals surface area contributed by atoms with E-state index in [4.69, 9.17) is 4.42 Å². The Labute approximate surface area is 122 Å². The van der Waals surface area contributed by atoms with Gasteiger partial charge in [0.05, 0.1) is 0 Å². The van der Waals surface area contributed by atoms with Crippen molar-refractivity contribution < 1.29 is 4.42 Å². The molecule has 0 atom stereocenters. The molecule has 4 heteroatoms. The standard InChI is InChI=1S/C17H13N3O/c1-2-7-20-12-15-13-21-17-5-4-14(10-16(15)17)11-19-9-3-8-18-6-1/h1-13H. The van der Waals surface area contributed by atoms with Gasteiger partial charge in [-0.15, -0.1) is 0 Å². The van der Waals surface area contributed by atoms with Gasteiger partial charge in [0, 0.05) is 48.2 Å². The fraction of sp³-hybridized carbons (Fsp3) is 0. The molecule has 2 bridgehead atoms. The summed E-state index contributed by atoms with van der Waals surface area (Å²) in [4.78, 5) is 12.5. The Balaban J connectivity index is 2.04. The van der Waals surface area contributed by atoms with Gasteiger partial charge in [0.1, 0.15) is 11.8 Å². The molecule has 1 aliphatic heterocycles. The third-order valence-corrected chi connectivity index (χ3v) is 2.86. The molecule has 1 aromatic heterocycles. The van der Waals surface area contributed by atoms with E-state index in [0.29, 0.717) is 0 Å². The molecule has 0 N–H and O–H groups in total. The Bertz CT molecular complexity index is 805. The number of hydrogen-bond acceptors (Lipinski definition) is 4. The van der Waals surface area contributed by atoms with Crippen LogP contribution in [0.1, 0.15) is 11.1 Å². The number of rotatable bonds is 0. The van der Waals surface area contributed by atoms with Crippen molar-refractivity contribution in [1.82, 2.24) is 0 Å². The second kappa shape index (κ2) is 6.43. The summed E-state index contributed by atoms with van der Waals surface area (Å²) in [6.07, 6.45) is 17.4. The molecule has 0 saturated carbocycles. The lowest BCUT2D eigenvalue weighted by molar-refractivity contribution is 0.615. The Morgan fingerprint density at radius 2 is 1.62 bits per heavy atom. The molecular weight excluding hydrogens is 262 g/mol. The highest BCUT2D eigenvalue weighted by molar-refractivity contribution is 6.00. The first-order chi connectivity index (χ1) is 10.4. The van der Waals surface area contributed by atoms with Gasteiger partial charge >= 0.3 is 0 Å². The van der Waals surface area contributed by atoms with Crippen LogP contribution in [0.4, 0.5) is 0 Å². The molecule has 0 fully saturated rings. The lowest BCUT2D eigenvalue weighted by Gasteiger charge is -1.93. The lowest BCUT2D eigenvalue weighted by atomic mass is 10.1. The summed E-state index contributed by atoms with van der Waals surface area (Å²) < 4.78 is 5.51. The van der Waals surface area contributed by atoms with Crippen molar-refractivity contribution >= 4 is 29.6 Å². The number of benzene rings is 1. The SMILES string of the molecule is C1=CN=CC=CN=Cc2ccc3occ(c3c2)C=NC=C1. The average Bonchev–Trinajstić information content (AvgIpc) is 2.90. The highest BCUT2D eigenvalue weighted by atomic mass is 16.3. The van der Waals surface area contributed by atoms with E-state index in [-0.39, 0.29) is 0 Å². The third-order valence-electron chi connectivity index (χ3n) is 2.86. The lowest BCUT2D eigenvalue weighted by Crippen LogP contribution is -1.82. The van der Waals surface area contributed by atoms with Gasteiger partial charge in [0.25, 0.3) is 0 Å². The molecule has 21 heavy (non-hydrogen) atoms. The Morgan fingerprint density at radius 3 is 2.57 bits per heavy atom. The molecule has 0 amide bonds. The first-order valence-corrected chi connectivity index (χ1v) is 6.51. The summed E-state index contributed by atoms with van der Waals surface area (Å²) in [6, 6.07) is 5.92. The number of furan rings is 1. The summed E-state index contributed by atoms with van der Waals surface area (Å²) in [6.45, 7) is 0. The molecule has 4 nitrogen and oxygen atoms in total. The second-order valence-corrected chi connectivity index (χ2v) is 4.33. The summed E-state index contributed by atoms with van der Waals surface area (Å²) in [7, 11) is 0. The molecule has 102 valence electrons. The fourth-order valence-electron chi connectivity index (χ4n) is 1.89. The van der Waals surface area contributed by atoms with Gasteiger partial charge in [-0.25, -0.2) is 0 Å². The van der Waals surface area contributed by atoms with Crippen molar-refractivity contribution in [1.29, 1.82) is 0 Å². The van der Waals surface area contributed by atoms with Crippen molar-refractivity contribution in [3.8, 4) is 0 Å². The van der Waals surface area contributed by atoms with Crippen LogP contribution in [0.25, 0.3) is 11.0 Å². The maximum Gasteiger partial charge on any atom is 0.134 e. The molecular formula is C17H13N3O. The summed E-state index contributed by atoms with van der Waals surface area (Å²) in [5.74, 6) is 0. The number of allylic oxidation sites excluding steroid dienone is 3. The van der Waals surface area contributed by atoms with Crippen molar-refractivity contribution in [2.45, 2.75) is 0 Å². The Kier molecular flexibility index (Phi) is 3.98. The molecule has 0 radical (unpaired) electrons. The van der Waals surface area contributed by atoms with Crippen LogP contribution >= 0.6 is 0 Å². The molecule has 0 unspecified atom stereocenters. The van der Waals surface area contributed by atoms with Gasteiger partial charge < -0.3 is 4.42 Å². The van der Waals surface area contributed by atoms with E-state index in [1.165, 1.54) is 0 Å². The van der Waals surface area contributed by atoms with E-state index in [0.717, 1.165) is 22.1 Å². The van der Waals surface area contributed by atoms with E-state index in [1.807, 2.05) is 30.4 Å². The van der Waals surface area contributed by atoms with Crippen molar-refractivity contribution in [2.75, 3.05) is 0 Å². The molecule has 2 heterocycles. The highest BCUT2D eigenvalue weighted by Crippen LogP contribution is 2.20. The average molecular weight is 275 g/mol. The number of fused-ring (bicyclic) bond motifs is 1. The predicted molar refractivity (Wildman–Crippen MR) is 87.3 cm³/mol. The van der Waals surface area contributed by atoms with Gasteiger partial charge in [-0.05, 0) is 42.0 Å². The Hall–Kier alpha value is -3.01. The zero-order valence-electron chi connectivity index (χ0n) is 11.3. The number of hydrogen-bond donors (Lipinski definition) is 0. The summed E-state index contributed by atoms with van der Waals surface area (Å²) in [5.41, 5.74) is 2.78. The van der Waals surface area contributed by atoms with Gasteiger partial charge in [-0.3, -0.25) is 15.0 Å². The fourth-order valence-corrected chi connectivity index (χ4v) is 1.89. The van der Waals surface area contributed by atoms with E-state index >= 15 is 0 Å². The van der Waals surface area contributed by atoms with Crippen molar-refractivity contribution in [3.63, 3.8) is 0 Å². The van der Waals surface area contributed by atoms with Crippen LogP contribution in [0.3, 0.4) is 0 Å². The van der Waals surface area contributed by atoms with Gasteiger partial charge in [0.15, 0.2) is 0 Å². The first kappa shape index (κ1) is 13.0. The molecule has 2 aromatic rings. The van der Waals surface area contributed by atoms with E-state index in [1.54, 1.807) is 49.6 Å². The highest BCUT2D eigenvalue weighted by Gasteiger charge is 2.03. The Morgan fingerprint density at radius 1 is 0.810 bits per heavy atom. The molecule has 1 aromatic carbocycles. The minimum absolute atomic E-state index is 0.835. The molecule has 1 aliphatic rings. The van der Waals surface area contributed by atoms with Crippen LogP contribution < -0.4 is 0 Å². The molecule has 0 saturated heterocycles. The maximum absolute atomic E-state index is 5.51. The van der Waals surface area contributed by atoms with Crippen LogP contribution in [-0.2, 0) is 0 Å². The number of aliphatic imine (C=N–C) groups is 3. The summed E-state index contributed by atoms with van der Waals surface area (Å²) >= 11 is 0. The van der Waals surface area contributed by atoms with Crippen molar-refractivity contribution in [2.24, 2.45) is 15.0 Å². The van der Waals surface area contributed by atoms with Crippen LogP contribution in [0, 0.1) is 0 Å². The number of nitrogens with zero attached hydrogens (tertiary/aromatic N) is 3. The van der Waals surface area contributed by atoms with Gasteiger partial charge in [0.2, 0.25) is 0 Å². The van der Waals surface area contributed by atoms with Crippen LogP contribution in [0.2, 0.25) is 0 Å². The minimum Gasteiger partial charge on any atom is -0.464 e. The zero-order valence-corrected chi connectivity index (χ0v) is 11.3. The second-order valence-electron chi connectivity index (χ2n) is 4.33. The van der Waals surface area contributed by atoms with Crippen molar-refractivity contribution in [3.05, 3.63) is 72.4 Å². The third kappa shape index (κ3) is 3.30. The van der Waals surface area contributed by atoms with E-state index < -0.39 is 0 Å². The van der Waals surface area contributed by atoms with E-state index in [9.17, 15) is 0 Å². The normalized spacial score (nSPS) is 14.5. The van der Waals surface area contributed by atoms with E-state index in [2.05, 4.69) is 15.0 Å². The topological polar surface area (TPSA) is 50.2 Å². The van der Waals surface area contributed by atoms with Crippen LogP contribution in [0.5, 0.6) is 0 Å². The van der Waals surface area contributed by atoms with Crippen LogP contribution in [-0.4, -0.2) is 18.6 Å². The maximum atomic E-state index is 5.51. The molecule has 0 aliphatic carbocycles. The van der Waals surface area contributed by atoms with Crippen LogP contribution in [0.15, 0.2) is 80.7 Å². The van der Waals surface area contributed by atoms with Gasteiger partial charge in [-0.1, -0.05) is 0 Å². The van der Waals surface area contributed by atoms with Gasteiger partial charge in [-0.2, -0.15) is 0 Å². The molecule has 0 spiro atoms. The quantitative estimate of drug-likeness (QED) is 0.719. The molecule has 3 rings (SSSR count). The first-order valence-electron chi connectivity index (χ1n) is 6.51. The largest absolute Gasteiger partial charge is 0.464 e. The minimum atomic E-state index is 0.835. The monoisotopic (exact) mass is 275 g/mol. The smallest absolute Gasteiger partial charge is 0.134 e. The summed E-state index contributed by atoms with van der Waals surface area (Å²) in [5, 5.41) is 1.02. The zero-order chi connectivity index (χ0) is 14.3. The predicted octanol–water partition coefficient (Wildman–Crippen LogP) is 3.90.